The third kappa shape index (κ3) is 9.12. The normalized spacial score (nSPS) is 11.0. The average Bonchev–Trinajstić information content (AvgIpc) is 3.43. The second kappa shape index (κ2) is 17.2. The third-order valence-corrected chi connectivity index (χ3v) is 9.23. The summed E-state index contributed by atoms with van der Waals surface area (Å²) < 4.78 is 20.5. The summed E-state index contributed by atoms with van der Waals surface area (Å²) in [5.41, 5.74) is 8.72. The van der Waals surface area contributed by atoms with Gasteiger partial charge in [-0.3, -0.25) is 4.98 Å². The predicted octanol–water partition coefficient (Wildman–Crippen LogP) is 8.60. The zero-order valence-corrected chi connectivity index (χ0v) is 29.9. The summed E-state index contributed by atoms with van der Waals surface area (Å²) >= 11 is 12.9. The number of nitrogens with zero attached hydrogens (tertiary/aromatic N) is 4. The maximum absolute atomic E-state index is 9.20. The van der Waals surface area contributed by atoms with Gasteiger partial charge < -0.3 is 24.1 Å². The van der Waals surface area contributed by atoms with Gasteiger partial charge in [0, 0.05) is 44.0 Å². The smallest absolute Gasteiger partial charge is 0.142 e. The van der Waals surface area contributed by atoms with Crippen LogP contribution >= 0.6 is 23.2 Å². The Morgan fingerprint density at radius 2 is 1.63 bits per heavy atom. The van der Waals surface area contributed by atoms with Crippen molar-refractivity contribution in [2.75, 3.05) is 19.7 Å². The Morgan fingerprint density at radius 3 is 2.39 bits per heavy atom. The Bertz CT molecular complexity index is 1940. The second-order valence-electron chi connectivity index (χ2n) is 11.8. The predicted molar refractivity (Wildman–Crippen MR) is 195 cm³/mol. The van der Waals surface area contributed by atoms with E-state index in [0.29, 0.717) is 40.5 Å². The maximum atomic E-state index is 9.20. The lowest BCUT2D eigenvalue weighted by Gasteiger charge is -2.18. The van der Waals surface area contributed by atoms with E-state index >= 15 is 0 Å². The monoisotopic (exact) mass is 697 g/mol. The molecule has 8 nitrogen and oxygen atoms in total. The summed E-state index contributed by atoms with van der Waals surface area (Å²) in [6, 6.07) is 20.1. The molecule has 0 amide bonds. The summed E-state index contributed by atoms with van der Waals surface area (Å²) in [6.45, 7) is 9.15. The van der Waals surface area contributed by atoms with E-state index < -0.39 is 0 Å². The number of hydrogen-bond donors (Lipinski definition) is 1. The number of aromatic nitrogens is 3. The Morgan fingerprint density at radius 1 is 0.857 bits per heavy atom. The van der Waals surface area contributed by atoms with E-state index in [2.05, 4.69) is 59.5 Å². The lowest BCUT2D eigenvalue weighted by Crippen LogP contribution is -2.20. The first-order valence-corrected chi connectivity index (χ1v) is 17.1. The number of benzene rings is 3. The molecule has 0 bridgehead atoms. The fraction of sp³-hybridized carbons (Fsp3) is 0.308. The maximum Gasteiger partial charge on any atom is 0.142 e. The molecule has 0 radical (unpaired) electrons. The van der Waals surface area contributed by atoms with Crippen molar-refractivity contribution in [2.45, 2.75) is 53.2 Å². The molecule has 10 heteroatoms. The van der Waals surface area contributed by atoms with Gasteiger partial charge in [-0.1, -0.05) is 60.5 Å². The van der Waals surface area contributed by atoms with Crippen molar-refractivity contribution in [3.05, 3.63) is 123 Å². The highest BCUT2D eigenvalue weighted by molar-refractivity contribution is 6.32. The van der Waals surface area contributed by atoms with Crippen LogP contribution in [0.15, 0.2) is 73.3 Å². The molecule has 5 aromatic rings. The van der Waals surface area contributed by atoms with Crippen LogP contribution in [0, 0.1) is 25.2 Å². The van der Waals surface area contributed by atoms with Crippen molar-refractivity contribution in [2.24, 2.45) is 7.05 Å². The van der Waals surface area contributed by atoms with Crippen LogP contribution in [-0.4, -0.2) is 34.2 Å². The minimum atomic E-state index is 0.277. The Labute approximate surface area is 298 Å². The first-order valence-electron chi connectivity index (χ1n) is 16.4. The van der Waals surface area contributed by atoms with Crippen LogP contribution in [0.25, 0.3) is 11.1 Å². The first kappa shape index (κ1) is 35.7. The zero-order valence-electron chi connectivity index (χ0n) is 28.4. The first-order chi connectivity index (χ1) is 23.8. The molecule has 0 spiro atoms. The molecule has 0 saturated carbocycles. The molecular formula is C39H41Cl2N5O3. The van der Waals surface area contributed by atoms with Crippen LogP contribution in [0.4, 0.5) is 0 Å². The molecule has 254 valence electrons. The molecule has 3 aromatic carbocycles. The minimum Gasteiger partial charge on any atom is -0.493 e. The molecule has 0 fully saturated rings. The van der Waals surface area contributed by atoms with E-state index in [1.54, 1.807) is 18.6 Å². The fourth-order valence-corrected chi connectivity index (χ4v) is 6.01. The number of nitrogens with one attached hydrogen (secondary N) is 1. The molecule has 0 aliphatic carbocycles. The van der Waals surface area contributed by atoms with Crippen molar-refractivity contribution < 1.29 is 14.2 Å². The van der Waals surface area contributed by atoms with Gasteiger partial charge in [0.15, 0.2) is 0 Å². The third-order valence-electron chi connectivity index (χ3n) is 8.45. The molecule has 0 unspecified atom stereocenters. The number of pyridine rings is 1. The van der Waals surface area contributed by atoms with Crippen molar-refractivity contribution in [1.82, 2.24) is 19.9 Å². The molecule has 49 heavy (non-hydrogen) atoms. The van der Waals surface area contributed by atoms with Crippen LogP contribution in [0.5, 0.6) is 17.2 Å². The summed E-state index contributed by atoms with van der Waals surface area (Å²) in [5, 5.41) is 13.9. The fourth-order valence-electron chi connectivity index (χ4n) is 5.58. The Balaban J connectivity index is 1.19. The molecule has 1 N–H and O–H groups in total. The van der Waals surface area contributed by atoms with Crippen molar-refractivity contribution in [3.63, 3.8) is 0 Å². The van der Waals surface area contributed by atoms with Gasteiger partial charge in [-0.25, -0.2) is 4.98 Å². The molecule has 0 aliphatic heterocycles. The van der Waals surface area contributed by atoms with Crippen LogP contribution in [-0.2, 0) is 33.1 Å². The van der Waals surface area contributed by atoms with Gasteiger partial charge >= 0.3 is 0 Å². The molecule has 0 aliphatic rings. The number of hydrogen-bond acceptors (Lipinski definition) is 7. The summed E-state index contributed by atoms with van der Waals surface area (Å²) in [4.78, 5) is 8.47. The summed E-state index contributed by atoms with van der Waals surface area (Å²) in [6.07, 6.45) is 7.38. The van der Waals surface area contributed by atoms with E-state index in [1.807, 2.05) is 42.8 Å². The van der Waals surface area contributed by atoms with Crippen LogP contribution in [0.2, 0.25) is 10.2 Å². The van der Waals surface area contributed by atoms with E-state index in [-0.39, 0.29) is 6.61 Å². The summed E-state index contributed by atoms with van der Waals surface area (Å²) in [5.74, 6) is 2.11. The highest BCUT2D eigenvalue weighted by Crippen LogP contribution is 2.36. The number of rotatable bonds is 16. The van der Waals surface area contributed by atoms with Gasteiger partial charge in [-0.05, 0) is 84.8 Å². The number of halogens is 2. The van der Waals surface area contributed by atoms with Gasteiger partial charge in [-0.15, -0.1) is 0 Å². The minimum absolute atomic E-state index is 0.277. The molecule has 0 saturated heterocycles. The van der Waals surface area contributed by atoms with Gasteiger partial charge in [0.05, 0.1) is 29.2 Å². The van der Waals surface area contributed by atoms with E-state index in [4.69, 9.17) is 37.4 Å². The molecule has 2 heterocycles. The van der Waals surface area contributed by atoms with Crippen molar-refractivity contribution in [1.29, 1.82) is 5.26 Å². The number of ether oxygens (including phenoxy) is 3. The second-order valence-corrected chi connectivity index (χ2v) is 12.6. The molecular weight excluding hydrogens is 657 g/mol. The van der Waals surface area contributed by atoms with E-state index in [9.17, 15) is 5.26 Å². The Hall–Kier alpha value is -4.55. The number of nitriles is 1. The zero-order chi connectivity index (χ0) is 34.8. The topological polar surface area (TPSA) is 94.2 Å². The van der Waals surface area contributed by atoms with Crippen LogP contribution in [0.3, 0.4) is 0 Å². The molecule has 5 rings (SSSR count). The highest BCUT2D eigenvalue weighted by atomic mass is 35.5. The Kier molecular flexibility index (Phi) is 12.6. The van der Waals surface area contributed by atoms with Crippen LogP contribution in [0.1, 0.15) is 52.4 Å². The number of imidazole rings is 1. The summed E-state index contributed by atoms with van der Waals surface area (Å²) in [7, 11) is 1.89. The van der Waals surface area contributed by atoms with E-state index in [1.165, 1.54) is 6.20 Å². The average molecular weight is 699 g/mol. The SMILES string of the molecule is CCc1cc(Cl)c(OCc2cccc(-c3cccc(OCCCNCCc4ncn(C)c4Cl)c3C)c2C)cc1OCc1cncc(C#N)c1. The van der Waals surface area contributed by atoms with Gasteiger partial charge in [0.1, 0.15) is 41.7 Å². The quantitative estimate of drug-likeness (QED) is 0.103. The van der Waals surface area contributed by atoms with Gasteiger partial charge in [0.25, 0.3) is 0 Å². The van der Waals surface area contributed by atoms with Gasteiger partial charge in [-0.2, -0.15) is 5.26 Å². The van der Waals surface area contributed by atoms with E-state index in [0.717, 1.165) is 82.7 Å². The lowest BCUT2D eigenvalue weighted by atomic mass is 9.93. The highest BCUT2D eigenvalue weighted by Gasteiger charge is 2.15. The van der Waals surface area contributed by atoms with Gasteiger partial charge in [0.2, 0.25) is 0 Å². The molecule has 0 atom stereocenters. The lowest BCUT2D eigenvalue weighted by molar-refractivity contribution is 0.287. The molecule has 2 aromatic heterocycles. The van der Waals surface area contributed by atoms with Crippen LogP contribution < -0.4 is 19.5 Å². The standard InChI is InChI=1S/C39H41Cl2N5O3/c1-5-30-18-34(40)38(19-37(30)48-23-29-17-28(20-42)21-44-22-29)49-24-31-9-6-10-32(26(31)2)33-11-7-12-36(27(33)3)47-16-8-14-43-15-13-35-39(41)46(4)25-45-35/h6-7,9-12,17-19,21-22,25,43H,5,8,13-16,23-24H2,1-4H3. The van der Waals surface area contributed by atoms with Crippen molar-refractivity contribution in [3.8, 4) is 34.4 Å². The van der Waals surface area contributed by atoms with Crippen molar-refractivity contribution >= 4 is 23.2 Å². The number of aryl methyl sites for hydroxylation is 2. The largest absolute Gasteiger partial charge is 0.493 e.